The van der Waals surface area contributed by atoms with Crippen LogP contribution in [0.4, 0.5) is 0 Å². The fourth-order valence-electron chi connectivity index (χ4n) is 0.241. The van der Waals surface area contributed by atoms with Gasteiger partial charge in [-0.2, -0.15) is 0 Å². The van der Waals surface area contributed by atoms with E-state index in [0.29, 0.717) is 0 Å². The van der Waals surface area contributed by atoms with Crippen LogP contribution in [0.3, 0.4) is 0 Å². The highest BCUT2D eigenvalue weighted by Gasteiger charge is 1.94. The Morgan fingerprint density at radius 3 is 1.50 bits per heavy atom. The van der Waals surface area contributed by atoms with E-state index in [-0.39, 0.29) is 0 Å². The van der Waals surface area contributed by atoms with Gasteiger partial charge in [-0.1, -0.05) is 0 Å². The quantitative estimate of drug-likeness (QED) is 0.557. The standard InChI is InChI=1S/C3H10O2Si.C3H6O/c1-4-6(3)5-2;1-2-4-3-1/h6H,1-3H3;1-3H2. The molecule has 0 spiro atoms. The average Bonchev–Trinajstić information content (AvgIpc) is 1.83. The number of ether oxygens (including phenoxy) is 1. The lowest BCUT2D eigenvalue weighted by atomic mass is 10.4. The van der Waals surface area contributed by atoms with Crippen LogP contribution in [0.15, 0.2) is 0 Å². The van der Waals surface area contributed by atoms with E-state index in [1.807, 2.05) is 6.55 Å². The molecule has 0 amide bonds. The number of hydrogen-bond acceptors (Lipinski definition) is 3. The number of hydrogen-bond donors (Lipinski definition) is 0. The third-order valence-electron chi connectivity index (χ3n) is 1.24. The Labute approximate surface area is 64.1 Å². The van der Waals surface area contributed by atoms with Gasteiger partial charge in [-0.3, -0.25) is 0 Å². The molecular formula is C6H16O3Si. The molecular weight excluding hydrogens is 148 g/mol. The molecule has 0 saturated carbocycles. The molecule has 0 radical (unpaired) electrons. The fraction of sp³-hybridized carbons (Fsp3) is 1.00. The largest absolute Gasteiger partial charge is 0.400 e. The van der Waals surface area contributed by atoms with Gasteiger partial charge in [-0.05, 0) is 13.0 Å². The second kappa shape index (κ2) is 7.21. The van der Waals surface area contributed by atoms with Crippen molar-refractivity contribution >= 4 is 9.28 Å². The Bertz CT molecular complexity index is 58.0. The molecule has 0 aliphatic carbocycles. The van der Waals surface area contributed by atoms with Crippen LogP contribution in [-0.2, 0) is 13.6 Å². The minimum Gasteiger partial charge on any atom is -0.400 e. The highest BCUT2D eigenvalue weighted by Crippen LogP contribution is 1.93. The molecule has 0 unspecified atom stereocenters. The van der Waals surface area contributed by atoms with Gasteiger partial charge in [0, 0.05) is 27.4 Å². The van der Waals surface area contributed by atoms with Gasteiger partial charge in [-0.25, -0.2) is 0 Å². The van der Waals surface area contributed by atoms with Gasteiger partial charge < -0.3 is 13.6 Å². The van der Waals surface area contributed by atoms with Crippen molar-refractivity contribution in [2.24, 2.45) is 0 Å². The summed E-state index contributed by atoms with van der Waals surface area (Å²) in [5, 5.41) is 0. The average molecular weight is 164 g/mol. The van der Waals surface area contributed by atoms with Crippen LogP contribution >= 0.6 is 0 Å². The number of rotatable bonds is 2. The van der Waals surface area contributed by atoms with E-state index < -0.39 is 9.28 Å². The molecule has 1 aliphatic rings. The van der Waals surface area contributed by atoms with E-state index >= 15 is 0 Å². The Balaban J connectivity index is 0.000000172. The Morgan fingerprint density at radius 2 is 1.50 bits per heavy atom. The zero-order valence-electron chi connectivity index (χ0n) is 6.92. The zero-order valence-corrected chi connectivity index (χ0v) is 8.08. The lowest BCUT2D eigenvalue weighted by molar-refractivity contribution is 0.0367. The van der Waals surface area contributed by atoms with E-state index in [1.54, 1.807) is 14.2 Å². The van der Waals surface area contributed by atoms with Crippen LogP contribution in [0.25, 0.3) is 0 Å². The van der Waals surface area contributed by atoms with Crippen LogP contribution in [0, 0.1) is 0 Å². The van der Waals surface area contributed by atoms with Gasteiger partial charge in [0.15, 0.2) is 0 Å². The molecule has 10 heavy (non-hydrogen) atoms. The van der Waals surface area contributed by atoms with E-state index in [9.17, 15) is 0 Å². The predicted octanol–water partition coefficient (Wildman–Crippen LogP) is 0.536. The summed E-state index contributed by atoms with van der Waals surface area (Å²) in [5.41, 5.74) is 0. The van der Waals surface area contributed by atoms with Crippen LogP contribution in [0.5, 0.6) is 0 Å². The lowest BCUT2D eigenvalue weighted by Crippen LogP contribution is -2.12. The first-order valence-corrected chi connectivity index (χ1v) is 5.54. The molecule has 0 N–H and O–H groups in total. The highest BCUT2D eigenvalue weighted by atomic mass is 28.3. The van der Waals surface area contributed by atoms with Gasteiger partial charge in [0.1, 0.15) is 0 Å². The summed E-state index contributed by atoms with van der Waals surface area (Å²) >= 11 is 0. The zero-order chi connectivity index (χ0) is 7.82. The monoisotopic (exact) mass is 164 g/mol. The summed E-state index contributed by atoms with van der Waals surface area (Å²) in [4.78, 5) is 0. The molecule has 0 aromatic rings. The summed E-state index contributed by atoms with van der Waals surface area (Å²) < 4.78 is 14.4. The molecule has 0 bridgehead atoms. The van der Waals surface area contributed by atoms with E-state index in [4.69, 9.17) is 13.6 Å². The molecule has 0 aromatic carbocycles. The highest BCUT2D eigenvalue weighted by molar-refractivity contribution is 6.42. The van der Waals surface area contributed by atoms with Gasteiger partial charge in [-0.15, -0.1) is 0 Å². The summed E-state index contributed by atoms with van der Waals surface area (Å²) in [6.45, 7) is 3.97. The minimum atomic E-state index is -1.16. The maximum absolute atomic E-state index is 4.82. The van der Waals surface area contributed by atoms with Crippen molar-refractivity contribution in [3.63, 3.8) is 0 Å². The summed E-state index contributed by atoms with van der Waals surface area (Å²) in [6, 6.07) is 0. The van der Waals surface area contributed by atoms with E-state index in [0.717, 1.165) is 13.2 Å². The van der Waals surface area contributed by atoms with Crippen molar-refractivity contribution in [3.05, 3.63) is 0 Å². The van der Waals surface area contributed by atoms with Crippen LogP contribution in [0.2, 0.25) is 6.55 Å². The Kier molecular flexibility index (Phi) is 7.28. The van der Waals surface area contributed by atoms with E-state index in [1.165, 1.54) is 6.42 Å². The lowest BCUT2D eigenvalue weighted by Gasteiger charge is -2.09. The first-order chi connectivity index (χ1) is 4.81. The van der Waals surface area contributed by atoms with Gasteiger partial charge in [0.05, 0.1) is 0 Å². The topological polar surface area (TPSA) is 27.7 Å². The summed E-state index contributed by atoms with van der Waals surface area (Å²) in [6.07, 6.45) is 1.28. The maximum atomic E-state index is 4.82. The van der Waals surface area contributed by atoms with Crippen molar-refractivity contribution in [2.75, 3.05) is 27.4 Å². The third-order valence-corrected chi connectivity index (χ3v) is 2.57. The molecule has 1 saturated heterocycles. The second-order valence-electron chi connectivity index (χ2n) is 2.00. The summed E-state index contributed by atoms with van der Waals surface area (Å²) in [7, 11) is 2.17. The van der Waals surface area contributed by atoms with Crippen molar-refractivity contribution < 1.29 is 13.6 Å². The molecule has 1 rings (SSSR count). The Morgan fingerprint density at radius 1 is 1.20 bits per heavy atom. The smallest absolute Gasteiger partial charge is 0.317 e. The molecule has 62 valence electrons. The second-order valence-corrected chi connectivity index (χ2v) is 4.08. The first kappa shape index (κ1) is 10.1. The first-order valence-electron chi connectivity index (χ1n) is 3.44. The maximum Gasteiger partial charge on any atom is 0.317 e. The fourth-order valence-corrected chi connectivity index (χ4v) is 0.433. The molecule has 1 heterocycles. The van der Waals surface area contributed by atoms with Gasteiger partial charge in [0.25, 0.3) is 0 Å². The van der Waals surface area contributed by atoms with Crippen LogP contribution in [0.1, 0.15) is 6.42 Å². The molecule has 0 aromatic heterocycles. The molecule has 4 heteroatoms. The van der Waals surface area contributed by atoms with Crippen molar-refractivity contribution in [2.45, 2.75) is 13.0 Å². The molecule has 0 atom stereocenters. The van der Waals surface area contributed by atoms with Gasteiger partial charge in [0.2, 0.25) is 0 Å². The van der Waals surface area contributed by atoms with E-state index in [2.05, 4.69) is 0 Å². The molecule has 1 fully saturated rings. The van der Waals surface area contributed by atoms with Crippen molar-refractivity contribution in [3.8, 4) is 0 Å². The normalized spacial score (nSPS) is 15.6. The Hall–Kier alpha value is 0.0969. The van der Waals surface area contributed by atoms with Crippen molar-refractivity contribution in [1.29, 1.82) is 0 Å². The molecule has 3 nitrogen and oxygen atoms in total. The van der Waals surface area contributed by atoms with Gasteiger partial charge >= 0.3 is 9.28 Å². The molecule has 1 aliphatic heterocycles. The predicted molar refractivity (Wildman–Crippen MR) is 42.5 cm³/mol. The summed E-state index contributed by atoms with van der Waals surface area (Å²) in [5.74, 6) is 0. The minimum absolute atomic E-state index is 1.00. The van der Waals surface area contributed by atoms with Crippen LogP contribution < -0.4 is 0 Å². The SMILES string of the molecule is C1COC1.CO[SiH](C)OC. The third kappa shape index (κ3) is 6.22. The van der Waals surface area contributed by atoms with Crippen molar-refractivity contribution in [1.82, 2.24) is 0 Å². The van der Waals surface area contributed by atoms with Crippen LogP contribution in [-0.4, -0.2) is 36.7 Å².